The van der Waals surface area contributed by atoms with Crippen LogP contribution in [0.5, 0.6) is 0 Å². The molecule has 0 radical (unpaired) electrons. The molecule has 2 aromatic heterocycles. The molecule has 0 atom stereocenters. The summed E-state index contributed by atoms with van der Waals surface area (Å²) in [7, 11) is 1.95. The zero-order valence-corrected chi connectivity index (χ0v) is 15.5. The van der Waals surface area contributed by atoms with Gasteiger partial charge in [0, 0.05) is 50.8 Å². The first-order chi connectivity index (χ1) is 12.6. The van der Waals surface area contributed by atoms with Crippen molar-refractivity contribution < 1.29 is 4.79 Å². The Bertz CT molecular complexity index is 749. The second-order valence-corrected chi connectivity index (χ2v) is 7.76. The number of aromatic nitrogens is 3. The van der Waals surface area contributed by atoms with Crippen LogP contribution >= 0.6 is 0 Å². The molecule has 2 aromatic rings. The van der Waals surface area contributed by atoms with Crippen LogP contribution in [-0.4, -0.2) is 50.1 Å². The Balaban J connectivity index is 1.38. The van der Waals surface area contributed by atoms with Gasteiger partial charge in [-0.05, 0) is 56.5 Å². The van der Waals surface area contributed by atoms with Gasteiger partial charge < -0.3 is 4.90 Å². The number of carbonyl (C=O) groups is 1. The third-order valence-electron chi connectivity index (χ3n) is 5.92. The Hall–Kier alpha value is -2.21. The maximum absolute atomic E-state index is 13.3. The van der Waals surface area contributed by atoms with Crippen LogP contribution in [0.15, 0.2) is 36.9 Å². The van der Waals surface area contributed by atoms with Crippen molar-refractivity contribution in [1.82, 2.24) is 24.6 Å². The molecule has 6 heteroatoms. The number of carbonyl (C=O) groups excluding carboxylic acids is 1. The van der Waals surface area contributed by atoms with Crippen LogP contribution in [0.1, 0.15) is 36.8 Å². The first-order valence-corrected chi connectivity index (χ1v) is 9.53. The first kappa shape index (κ1) is 17.2. The van der Waals surface area contributed by atoms with Crippen LogP contribution in [0.2, 0.25) is 0 Å². The van der Waals surface area contributed by atoms with Gasteiger partial charge in [0.2, 0.25) is 5.91 Å². The van der Waals surface area contributed by atoms with Crippen molar-refractivity contribution in [2.45, 2.75) is 38.8 Å². The van der Waals surface area contributed by atoms with Crippen molar-refractivity contribution in [3.05, 3.63) is 48.0 Å². The highest BCUT2D eigenvalue weighted by Gasteiger charge is 2.45. The van der Waals surface area contributed by atoms with Crippen LogP contribution in [0.3, 0.4) is 0 Å². The van der Waals surface area contributed by atoms with Crippen molar-refractivity contribution in [2.75, 3.05) is 19.6 Å². The van der Waals surface area contributed by atoms with Gasteiger partial charge in [-0.15, -0.1) is 0 Å². The second kappa shape index (κ2) is 7.19. The lowest BCUT2D eigenvalue weighted by Crippen LogP contribution is -2.53. The molecule has 6 nitrogen and oxygen atoms in total. The summed E-state index contributed by atoms with van der Waals surface area (Å²) in [6, 6.07) is 4.01. The molecule has 0 unspecified atom stereocenters. The van der Waals surface area contributed by atoms with E-state index in [-0.39, 0.29) is 5.41 Å². The molecular weight excluding hydrogens is 326 g/mol. The Morgan fingerprint density at radius 1 is 1.04 bits per heavy atom. The van der Waals surface area contributed by atoms with E-state index in [4.69, 9.17) is 0 Å². The minimum absolute atomic E-state index is 0.142. The van der Waals surface area contributed by atoms with E-state index in [2.05, 4.69) is 26.1 Å². The van der Waals surface area contributed by atoms with Gasteiger partial charge in [-0.2, -0.15) is 5.10 Å². The molecule has 0 aliphatic carbocycles. The predicted molar refractivity (Wildman–Crippen MR) is 99.0 cm³/mol. The Morgan fingerprint density at radius 3 is 2.50 bits per heavy atom. The van der Waals surface area contributed by atoms with E-state index in [9.17, 15) is 4.79 Å². The summed E-state index contributed by atoms with van der Waals surface area (Å²) in [6.45, 7) is 4.50. The van der Waals surface area contributed by atoms with E-state index in [1.54, 1.807) is 12.4 Å². The van der Waals surface area contributed by atoms with Gasteiger partial charge in [0.05, 0.1) is 11.6 Å². The van der Waals surface area contributed by atoms with Crippen molar-refractivity contribution in [1.29, 1.82) is 0 Å². The molecule has 2 saturated heterocycles. The van der Waals surface area contributed by atoms with Gasteiger partial charge in [-0.1, -0.05) is 0 Å². The van der Waals surface area contributed by atoms with Crippen LogP contribution in [0.4, 0.5) is 0 Å². The summed E-state index contributed by atoms with van der Waals surface area (Å²) in [6.07, 6.45) is 11.7. The fraction of sp³-hybridized carbons (Fsp3) is 0.550. The van der Waals surface area contributed by atoms with Crippen LogP contribution in [0.25, 0.3) is 0 Å². The molecule has 2 aliphatic heterocycles. The standard InChI is InChI=1S/C20H27N5O/c1-23-14-18(13-22-23)15-24-11-6-20(7-12-24)5-2-10-25(19(20)26)16-17-3-8-21-9-4-17/h3-4,8-9,13-14H,2,5-7,10-12,15-16H2,1H3. The number of pyridine rings is 1. The quantitative estimate of drug-likeness (QED) is 0.846. The lowest BCUT2D eigenvalue weighted by molar-refractivity contribution is -0.150. The molecule has 2 fully saturated rings. The maximum Gasteiger partial charge on any atom is 0.229 e. The molecular formula is C20H27N5O. The molecule has 4 rings (SSSR count). The maximum atomic E-state index is 13.3. The third kappa shape index (κ3) is 3.51. The van der Waals surface area contributed by atoms with Gasteiger partial charge in [0.1, 0.15) is 0 Å². The van der Waals surface area contributed by atoms with Gasteiger partial charge in [-0.3, -0.25) is 19.4 Å². The molecule has 0 bridgehead atoms. The number of hydrogen-bond donors (Lipinski definition) is 0. The highest BCUT2D eigenvalue weighted by Crippen LogP contribution is 2.41. The van der Waals surface area contributed by atoms with Crippen LogP contribution < -0.4 is 0 Å². The summed E-state index contributed by atoms with van der Waals surface area (Å²) < 4.78 is 1.85. The fourth-order valence-electron chi connectivity index (χ4n) is 4.43. The normalized spacial score (nSPS) is 20.7. The molecule has 4 heterocycles. The highest BCUT2D eigenvalue weighted by atomic mass is 16.2. The average Bonchev–Trinajstić information content (AvgIpc) is 3.07. The van der Waals surface area contributed by atoms with E-state index < -0.39 is 0 Å². The molecule has 1 amide bonds. The lowest BCUT2D eigenvalue weighted by atomic mass is 9.71. The molecule has 0 N–H and O–H groups in total. The predicted octanol–water partition coefficient (Wildman–Crippen LogP) is 2.22. The number of hydrogen-bond acceptors (Lipinski definition) is 4. The number of likely N-dealkylation sites (tertiary alicyclic amines) is 2. The zero-order chi connectivity index (χ0) is 18.0. The minimum atomic E-state index is -0.142. The van der Waals surface area contributed by atoms with Gasteiger partial charge in [0.25, 0.3) is 0 Å². The van der Waals surface area contributed by atoms with Gasteiger partial charge in [-0.25, -0.2) is 0 Å². The smallest absolute Gasteiger partial charge is 0.229 e. The molecule has 2 aliphatic rings. The van der Waals surface area contributed by atoms with Crippen molar-refractivity contribution >= 4 is 5.91 Å². The molecule has 0 saturated carbocycles. The molecule has 26 heavy (non-hydrogen) atoms. The number of amides is 1. The van der Waals surface area contributed by atoms with E-state index in [1.165, 1.54) is 11.1 Å². The molecule has 0 aromatic carbocycles. The van der Waals surface area contributed by atoms with E-state index in [1.807, 2.05) is 30.1 Å². The van der Waals surface area contributed by atoms with E-state index in [0.717, 1.165) is 51.9 Å². The first-order valence-electron chi connectivity index (χ1n) is 9.53. The Kier molecular flexibility index (Phi) is 4.76. The van der Waals surface area contributed by atoms with E-state index >= 15 is 0 Å². The highest BCUT2D eigenvalue weighted by molar-refractivity contribution is 5.83. The number of aryl methyl sites for hydroxylation is 1. The topological polar surface area (TPSA) is 54.3 Å². The molecule has 1 spiro atoms. The second-order valence-electron chi connectivity index (χ2n) is 7.76. The monoisotopic (exact) mass is 353 g/mol. The third-order valence-corrected chi connectivity index (χ3v) is 5.92. The summed E-state index contributed by atoms with van der Waals surface area (Å²) in [5, 5.41) is 4.25. The Labute approximate surface area is 154 Å². The number of piperidine rings is 2. The van der Waals surface area contributed by atoms with E-state index in [0.29, 0.717) is 12.5 Å². The summed E-state index contributed by atoms with van der Waals surface area (Å²) >= 11 is 0. The van der Waals surface area contributed by atoms with Gasteiger partial charge in [0.15, 0.2) is 0 Å². The van der Waals surface area contributed by atoms with Crippen molar-refractivity contribution in [3.8, 4) is 0 Å². The minimum Gasteiger partial charge on any atom is -0.338 e. The average molecular weight is 353 g/mol. The summed E-state index contributed by atoms with van der Waals surface area (Å²) in [5.74, 6) is 0.363. The Morgan fingerprint density at radius 2 is 1.81 bits per heavy atom. The fourth-order valence-corrected chi connectivity index (χ4v) is 4.43. The van der Waals surface area contributed by atoms with Gasteiger partial charge >= 0.3 is 0 Å². The summed E-state index contributed by atoms with van der Waals surface area (Å²) in [4.78, 5) is 21.8. The number of nitrogens with zero attached hydrogens (tertiary/aromatic N) is 5. The summed E-state index contributed by atoms with van der Waals surface area (Å²) in [5.41, 5.74) is 2.27. The number of rotatable bonds is 4. The zero-order valence-electron chi connectivity index (χ0n) is 15.5. The van der Waals surface area contributed by atoms with Crippen LogP contribution in [0, 0.1) is 5.41 Å². The SMILES string of the molecule is Cn1cc(CN2CCC3(CCCN(Cc4ccncc4)C3=O)CC2)cn1. The van der Waals surface area contributed by atoms with Crippen LogP contribution in [-0.2, 0) is 24.9 Å². The molecule has 138 valence electrons. The lowest BCUT2D eigenvalue weighted by Gasteiger charge is -2.46. The van der Waals surface area contributed by atoms with Crippen molar-refractivity contribution in [2.24, 2.45) is 12.5 Å². The van der Waals surface area contributed by atoms with Crippen molar-refractivity contribution in [3.63, 3.8) is 0 Å². The largest absolute Gasteiger partial charge is 0.338 e.